The molecule has 0 fully saturated rings. The lowest BCUT2D eigenvalue weighted by molar-refractivity contribution is 0.217. The Labute approximate surface area is 108 Å². The van der Waals surface area contributed by atoms with E-state index in [2.05, 4.69) is 26.0 Å². The van der Waals surface area contributed by atoms with Crippen molar-refractivity contribution >= 4 is 21.7 Å². The fourth-order valence-electron chi connectivity index (χ4n) is 1.56. The van der Waals surface area contributed by atoms with E-state index in [-0.39, 0.29) is 6.10 Å². The second kappa shape index (κ2) is 4.75. The van der Waals surface area contributed by atoms with Crippen LogP contribution in [0.2, 0.25) is 0 Å². The summed E-state index contributed by atoms with van der Waals surface area (Å²) >= 11 is 3.33. The molecule has 0 aliphatic rings. The molecule has 2 aromatic heterocycles. The lowest BCUT2D eigenvalue weighted by Crippen LogP contribution is -2.10. The molecule has 0 radical (unpaired) electrons. The topological polar surface area (TPSA) is 66.0 Å². The molecule has 0 saturated carbocycles. The lowest BCUT2D eigenvalue weighted by Gasteiger charge is -2.16. The molecule has 17 heavy (non-hydrogen) atoms. The molecule has 2 rings (SSSR count). The Bertz CT molecular complexity index is 526. The highest BCUT2D eigenvalue weighted by atomic mass is 79.9. The zero-order valence-corrected chi connectivity index (χ0v) is 11.2. The monoisotopic (exact) mass is 296 g/mol. The Morgan fingerprint density at radius 1 is 1.53 bits per heavy atom. The molecule has 6 heteroatoms. The number of rotatable bonds is 3. The van der Waals surface area contributed by atoms with Crippen molar-refractivity contribution < 1.29 is 4.74 Å². The normalized spacial score (nSPS) is 12.4. The van der Waals surface area contributed by atoms with E-state index in [0.717, 1.165) is 10.2 Å². The molecule has 90 valence electrons. The number of anilines is 1. The maximum atomic E-state index is 5.77. The van der Waals surface area contributed by atoms with Crippen LogP contribution in [0.1, 0.15) is 18.7 Å². The van der Waals surface area contributed by atoms with E-state index >= 15 is 0 Å². The third kappa shape index (κ3) is 2.58. The van der Waals surface area contributed by atoms with E-state index < -0.39 is 0 Å². The van der Waals surface area contributed by atoms with E-state index in [1.165, 1.54) is 0 Å². The highest BCUT2D eigenvalue weighted by Gasteiger charge is 2.13. The number of hydrogen-bond donors (Lipinski definition) is 1. The quantitative estimate of drug-likeness (QED) is 0.944. The minimum atomic E-state index is -0.138. The first-order chi connectivity index (χ1) is 8.08. The summed E-state index contributed by atoms with van der Waals surface area (Å²) in [5, 5.41) is 4.10. The highest BCUT2D eigenvalue weighted by molar-refractivity contribution is 9.10. The molecule has 0 aliphatic heterocycles. The van der Waals surface area contributed by atoms with Crippen LogP contribution in [0.4, 0.5) is 5.82 Å². The van der Waals surface area contributed by atoms with Gasteiger partial charge in [0.15, 0.2) is 11.6 Å². The van der Waals surface area contributed by atoms with Crippen molar-refractivity contribution in [2.45, 2.75) is 13.0 Å². The Balaban J connectivity index is 2.21. The molecule has 1 unspecified atom stereocenters. The van der Waals surface area contributed by atoms with Crippen LogP contribution in [0.15, 0.2) is 29.0 Å². The van der Waals surface area contributed by atoms with Crippen molar-refractivity contribution in [1.82, 2.24) is 14.8 Å². The van der Waals surface area contributed by atoms with Gasteiger partial charge in [-0.15, -0.1) is 0 Å². The summed E-state index contributed by atoms with van der Waals surface area (Å²) in [6.07, 6.45) is 3.23. The molecule has 0 aromatic carbocycles. The number of aromatic nitrogens is 3. The predicted molar refractivity (Wildman–Crippen MR) is 68.6 cm³/mol. The van der Waals surface area contributed by atoms with E-state index in [1.54, 1.807) is 23.1 Å². The zero-order valence-electron chi connectivity index (χ0n) is 9.59. The van der Waals surface area contributed by atoms with Crippen LogP contribution >= 0.6 is 15.9 Å². The summed E-state index contributed by atoms with van der Waals surface area (Å²) in [4.78, 5) is 4.02. The first-order valence-corrected chi connectivity index (χ1v) is 5.93. The van der Waals surface area contributed by atoms with Crippen molar-refractivity contribution in [3.05, 3.63) is 34.7 Å². The molecule has 1 atom stereocenters. The summed E-state index contributed by atoms with van der Waals surface area (Å²) in [5.41, 5.74) is 6.73. The van der Waals surface area contributed by atoms with Gasteiger partial charge in [0.25, 0.3) is 0 Å². The van der Waals surface area contributed by atoms with Gasteiger partial charge in [-0.3, -0.25) is 4.68 Å². The second-order valence-corrected chi connectivity index (χ2v) is 4.59. The molecule has 5 nitrogen and oxygen atoms in total. The lowest BCUT2D eigenvalue weighted by atomic mass is 10.3. The largest absolute Gasteiger partial charge is 0.481 e. The fraction of sp³-hybridized carbons (Fsp3) is 0.273. The minimum absolute atomic E-state index is 0.138. The molecule has 2 aromatic rings. The Morgan fingerprint density at radius 3 is 2.94 bits per heavy atom. The highest BCUT2D eigenvalue weighted by Crippen LogP contribution is 2.27. The van der Waals surface area contributed by atoms with Gasteiger partial charge in [-0.05, 0) is 35.0 Å². The van der Waals surface area contributed by atoms with Gasteiger partial charge in [-0.25, -0.2) is 4.98 Å². The van der Waals surface area contributed by atoms with Gasteiger partial charge in [-0.1, -0.05) is 0 Å². The molecular weight excluding hydrogens is 284 g/mol. The number of hydrogen-bond acceptors (Lipinski definition) is 4. The molecular formula is C11H13BrN4O. The fourth-order valence-corrected chi connectivity index (χ4v) is 1.87. The van der Waals surface area contributed by atoms with Crippen LogP contribution in [-0.2, 0) is 7.05 Å². The molecule has 0 amide bonds. The van der Waals surface area contributed by atoms with Crippen molar-refractivity contribution in [3.8, 4) is 5.75 Å². The molecule has 0 spiro atoms. The van der Waals surface area contributed by atoms with Crippen LogP contribution in [-0.4, -0.2) is 14.8 Å². The van der Waals surface area contributed by atoms with Crippen molar-refractivity contribution in [2.75, 3.05) is 5.73 Å². The average molecular weight is 297 g/mol. The van der Waals surface area contributed by atoms with Gasteiger partial charge in [0.05, 0.1) is 5.69 Å². The van der Waals surface area contributed by atoms with Crippen LogP contribution in [0.5, 0.6) is 5.75 Å². The number of nitrogen functional groups attached to an aromatic ring is 1. The van der Waals surface area contributed by atoms with E-state index in [9.17, 15) is 0 Å². The maximum absolute atomic E-state index is 5.77. The van der Waals surface area contributed by atoms with Gasteiger partial charge in [-0.2, -0.15) is 5.10 Å². The van der Waals surface area contributed by atoms with Crippen molar-refractivity contribution in [3.63, 3.8) is 0 Å². The summed E-state index contributed by atoms with van der Waals surface area (Å²) in [6.45, 7) is 1.94. The SMILES string of the molecule is CC(Oc1cc(Br)cnc1N)c1ccnn1C. The standard InChI is InChI=1S/C11H13BrN4O/c1-7(9-3-4-15-16(9)2)17-10-5-8(12)6-14-11(10)13/h3-7H,1-2H3,(H2,13,14). The van der Waals surface area contributed by atoms with Crippen LogP contribution in [0, 0.1) is 0 Å². The van der Waals surface area contributed by atoms with Gasteiger partial charge >= 0.3 is 0 Å². The average Bonchev–Trinajstić information content (AvgIpc) is 2.70. The number of aryl methyl sites for hydroxylation is 1. The first kappa shape index (κ1) is 11.9. The van der Waals surface area contributed by atoms with Crippen molar-refractivity contribution in [1.29, 1.82) is 0 Å². The molecule has 2 N–H and O–H groups in total. The van der Waals surface area contributed by atoms with E-state index in [1.807, 2.05) is 20.0 Å². The zero-order chi connectivity index (χ0) is 12.4. The Morgan fingerprint density at radius 2 is 2.29 bits per heavy atom. The number of nitrogens with zero attached hydrogens (tertiary/aromatic N) is 3. The van der Waals surface area contributed by atoms with Gasteiger partial charge in [0.2, 0.25) is 0 Å². The maximum Gasteiger partial charge on any atom is 0.166 e. The number of pyridine rings is 1. The van der Waals surface area contributed by atoms with Crippen LogP contribution < -0.4 is 10.5 Å². The second-order valence-electron chi connectivity index (χ2n) is 3.68. The Kier molecular flexibility index (Phi) is 3.33. The third-order valence-corrected chi connectivity index (χ3v) is 2.86. The first-order valence-electron chi connectivity index (χ1n) is 5.13. The summed E-state index contributed by atoms with van der Waals surface area (Å²) in [7, 11) is 1.87. The summed E-state index contributed by atoms with van der Waals surface area (Å²) in [6, 6.07) is 3.71. The number of ether oxygens (including phenoxy) is 1. The van der Waals surface area contributed by atoms with Crippen LogP contribution in [0.25, 0.3) is 0 Å². The van der Waals surface area contributed by atoms with Gasteiger partial charge < -0.3 is 10.5 Å². The number of halogens is 1. The van der Waals surface area contributed by atoms with Gasteiger partial charge in [0, 0.05) is 23.9 Å². The van der Waals surface area contributed by atoms with E-state index in [4.69, 9.17) is 10.5 Å². The Hall–Kier alpha value is -1.56. The summed E-state index contributed by atoms with van der Waals surface area (Å²) < 4.78 is 8.38. The van der Waals surface area contributed by atoms with Crippen LogP contribution in [0.3, 0.4) is 0 Å². The minimum Gasteiger partial charge on any atom is -0.481 e. The molecule has 0 saturated heterocycles. The molecule has 0 bridgehead atoms. The molecule has 2 heterocycles. The summed E-state index contributed by atoms with van der Waals surface area (Å²) in [5.74, 6) is 0.940. The third-order valence-electron chi connectivity index (χ3n) is 2.43. The van der Waals surface area contributed by atoms with Crippen molar-refractivity contribution in [2.24, 2.45) is 7.05 Å². The van der Waals surface area contributed by atoms with E-state index in [0.29, 0.717) is 11.6 Å². The van der Waals surface area contributed by atoms with Gasteiger partial charge in [0.1, 0.15) is 6.10 Å². The predicted octanol–water partition coefficient (Wildman–Crippen LogP) is 2.30. The molecule has 0 aliphatic carbocycles. The smallest absolute Gasteiger partial charge is 0.166 e. The number of nitrogens with two attached hydrogens (primary N) is 1.